The number of carboxylic acids is 1. The molecule has 2 heterocycles. The number of nitrogens with zero attached hydrogens (tertiary/aromatic N) is 1. The van der Waals surface area contributed by atoms with Gasteiger partial charge in [-0.15, -0.1) is 0 Å². The van der Waals surface area contributed by atoms with Gasteiger partial charge in [0.05, 0.1) is 31.0 Å². The molecule has 1 saturated carbocycles. The topological polar surface area (TPSA) is 109 Å². The molecule has 3 rings (SSSR count). The van der Waals surface area contributed by atoms with Gasteiger partial charge in [0.15, 0.2) is 0 Å². The van der Waals surface area contributed by atoms with E-state index in [1.807, 2.05) is 7.11 Å². The normalized spacial score (nSPS) is 30.9. The van der Waals surface area contributed by atoms with E-state index in [-0.39, 0.29) is 19.3 Å². The minimum Gasteiger partial charge on any atom is -0.480 e. The highest BCUT2D eigenvalue weighted by molar-refractivity contribution is 5.68. The minimum atomic E-state index is -1.03. The van der Waals surface area contributed by atoms with Gasteiger partial charge in [-0.25, -0.2) is 9.59 Å². The monoisotopic (exact) mass is 413 g/mol. The molecule has 1 aliphatic carbocycles. The van der Waals surface area contributed by atoms with Crippen LogP contribution in [0.4, 0.5) is 4.79 Å². The second-order valence-corrected chi connectivity index (χ2v) is 8.22. The molecule has 8 heteroatoms. The Balaban J connectivity index is 0.000000212. The van der Waals surface area contributed by atoms with Gasteiger partial charge in [-0.05, 0) is 39.5 Å². The Morgan fingerprint density at radius 3 is 2.48 bits per heavy atom. The number of methoxy groups -OCH3 is 1. The lowest BCUT2D eigenvalue weighted by Gasteiger charge is -2.29. The van der Waals surface area contributed by atoms with Gasteiger partial charge in [0.1, 0.15) is 6.61 Å². The van der Waals surface area contributed by atoms with E-state index in [2.05, 4.69) is 19.9 Å². The molecule has 3 fully saturated rings. The molecule has 1 amide bonds. The Morgan fingerprint density at radius 2 is 1.90 bits per heavy atom. The summed E-state index contributed by atoms with van der Waals surface area (Å²) in [5.41, 5.74) is 1.39. The number of epoxide rings is 1. The highest BCUT2D eigenvalue weighted by atomic mass is 16.6. The van der Waals surface area contributed by atoms with Crippen molar-refractivity contribution in [2.45, 2.75) is 76.8 Å². The molecule has 8 nitrogen and oxygen atoms in total. The van der Waals surface area contributed by atoms with Crippen LogP contribution >= 0.6 is 0 Å². The molecular weight excluding hydrogens is 378 g/mol. The summed E-state index contributed by atoms with van der Waals surface area (Å²) in [5, 5.41) is 16.9. The fraction of sp³-hybridized carbons (Fsp3) is 0.810. The summed E-state index contributed by atoms with van der Waals surface area (Å²) in [5.74, 6) is -0.386. The van der Waals surface area contributed by atoms with Crippen LogP contribution in [0.5, 0.6) is 0 Å². The molecule has 0 spiro atoms. The fourth-order valence-electron chi connectivity index (χ4n) is 4.10. The molecule has 0 bridgehead atoms. The van der Waals surface area contributed by atoms with Crippen LogP contribution in [-0.2, 0) is 19.0 Å². The Kier molecular flexibility index (Phi) is 9.39. The first-order chi connectivity index (χ1) is 13.8. The third-order valence-electron chi connectivity index (χ3n) is 5.72. The molecule has 2 saturated heterocycles. The van der Waals surface area contributed by atoms with Crippen LogP contribution in [0.1, 0.15) is 52.4 Å². The summed E-state index contributed by atoms with van der Waals surface area (Å²) in [7, 11) is 1.84. The lowest BCUT2D eigenvalue weighted by atomic mass is 9.83. The summed E-state index contributed by atoms with van der Waals surface area (Å²) in [6, 6.07) is 0. The number of carboxylic acid groups (broad SMARTS) is 2. The SMILES string of the molecule is COC1CCCCC1C1O[C@@H]1CC=C(C)C.O=C(O)COC1CCN(C(=O)O)C1. The van der Waals surface area contributed by atoms with Gasteiger partial charge in [0, 0.05) is 19.6 Å². The number of amides is 1. The molecule has 166 valence electrons. The van der Waals surface area contributed by atoms with Crippen molar-refractivity contribution in [1.29, 1.82) is 0 Å². The Hall–Kier alpha value is -1.64. The molecule has 0 aromatic rings. The first-order valence-corrected chi connectivity index (χ1v) is 10.4. The maximum atomic E-state index is 10.4. The molecule has 0 aromatic carbocycles. The Bertz CT molecular complexity index is 575. The van der Waals surface area contributed by atoms with Crippen molar-refractivity contribution in [3.8, 4) is 0 Å². The molecule has 2 N–H and O–H groups in total. The van der Waals surface area contributed by atoms with Gasteiger partial charge in [-0.3, -0.25) is 0 Å². The van der Waals surface area contributed by atoms with E-state index in [0.29, 0.717) is 37.2 Å². The van der Waals surface area contributed by atoms with Gasteiger partial charge in [-0.1, -0.05) is 24.5 Å². The highest BCUT2D eigenvalue weighted by Gasteiger charge is 2.47. The van der Waals surface area contributed by atoms with Gasteiger partial charge >= 0.3 is 12.1 Å². The second-order valence-electron chi connectivity index (χ2n) is 8.22. The van der Waals surface area contributed by atoms with E-state index < -0.39 is 12.1 Å². The van der Waals surface area contributed by atoms with Crippen LogP contribution in [0.25, 0.3) is 0 Å². The number of hydrogen-bond donors (Lipinski definition) is 2. The van der Waals surface area contributed by atoms with Crippen LogP contribution in [0.2, 0.25) is 0 Å². The van der Waals surface area contributed by atoms with Crippen molar-refractivity contribution in [2.24, 2.45) is 5.92 Å². The fourth-order valence-corrected chi connectivity index (χ4v) is 4.10. The summed E-state index contributed by atoms with van der Waals surface area (Å²) >= 11 is 0. The Morgan fingerprint density at radius 1 is 1.17 bits per heavy atom. The molecule has 0 radical (unpaired) electrons. The second kappa shape index (κ2) is 11.5. The maximum Gasteiger partial charge on any atom is 0.407 e. The zero-order valence-corrected chi connectivity index (χ0v) is 17.7. The van der Waals surface area contributed by atoms with E-state index in [4.69, 9.17) is 24.4 Å². The average molecular weight is 414 g/mol. The van der Waals surface area contributed by atoms with Crippen molar-refractivity contribution >= 4 is 12.1 Å². The van der Waals surface area contributed by atoms with Crippen LogP contribution < -0.4 is 0 Å². The van der Waals surface area contributed by atoms with Crippen molar-refractivity contribution < 1.29 is 34.0 Å². The van der Waals surface area contributed by atoms with Crippen LogP contribution in [0.15, 0.2) is 11.6 Å². The first-order valence-electron chi connectivity index (χ1n) is 10.4. The van der Waals surface area contributed by atoms with Crippen molar-refractivity contribution in [2.75, 3.05) is 26.8 Å². The predicted octanol–water partition coefficient (Wildman–Crippen LogP) is 3.16. The third-order valence-corrected chi connectivity index (χ3v) is 5.72. The van der Waals surface area contributed by atoms with Crippen molar-refractivity contribution in [3.63, 3.8) is 0 Å². The molecule has 29 heavy (non-hydrogen) atoms. The number of aliphatic carboxylic acids is 1. The van der Waals surface area contributed by atoms with Crippen molar-refractivity contribution in [1.82, 2.24) is 4.90 Å². The van der Waals surface area contributed by atoms with E-state index >= 15 is 0 Å². The molecule has 3 aliphatic rings. The predicted molar refractivity (Wildman–Crippen MR) is 107 cm³/mol. The molecule has 0 aromatic heterocycles. The number of ether oxygens (including phenoxy) is 3. The van der Waals surface area contributed by atoms with Gasteiger partial charge in [-0.2, -0.15) is 0 Å². The van der Waals surface area contributed by atoms with E-state index in [9.17, 15) is 9.59 Å². The molecule has 4 unspecified atom stereocenters. The number of likely N-dealkylation sites (tertiary alicyclic amines) is 1. The standard InChI is InChI=1S/C14H24O2.C7H11NO5/c1-10(2)8-9-13-14(16-13)11-6-4-5-7-12(11)15-3;9-6(10)4-13-5-1-2-8(3-5)7(11)12/h8,11-14H,4-7,9H2,1-3H3;5H,1-4H2,(H,9,10)(H,11,12)/t11?,12?,13-,14?;/m1./s1. The van der Waals surface area contributed by atoms with E-state index in [1.165, 1.54) is 36.2 Å². The van der Waals surface area contributed by atoms with E-state index in [1.54, 1.807) is 0 Å². The summed E-state index contributed by atoms with van der Waals surface area (Å²) < 4.78 is 16.3. The van der Waals surface area contributed by atoms with Crippen molar-refractivity contribution in [3.05, 3.63) is 11.6 Å². The number of rotatable bonds is 7. The van der Waals surface area contributed by atoms with Gasteiger partial charge < -0.3 is 29.3 Å². The average Bonchev–Trinajstić information content (AvgIpc) is 3.30. The zero-order valence-electron chi connectivity index (χ0n) is 17.7. The van der Waals surface area contributed by atoms with E-state index in [0.717, 1.165) is 6.42 Å². The summed E-state index contributed by atoms with van der Waals surface area (Å²) in [6.07, 6.45) is 9.24. The quantitative estimate of drug-likeness (QED) is 0.487. The van der Waals surface area contributed by atoms with Crippen LogP contribution in [0.3, 0.4) is 0 Å². The zero-order chi connectivity index (χ0) is 21.4. The number of allylic oxidation sites excluding steroid dienone is 1. The molecule has 5 atom stereocenters. The number of carbonyl (C=O) groups is 2. The van der Waals surface area contributed by atoms with Crippen LogP contribution in [-0.4, -0.2) is 78.4 Å². The minimum absolute atomic E-state index is 0.266. The lowest BCUT2D eigenvalue weighted by molar-refractivity contribution is -0.144. The number of hydrogen-bond acceptors (Lipinski definition) is 5. The largest absolute Gasteiger partial charge is 0.480 e. The van der Waals surface area contributed by atoms with Crippen LogP contribution in [0, 0.1) is 5.92 Å². The third kappa shape index (κ3) is 7.95. The summed E-state index contributed by atoms with van der Waals surface area (Å²) in [6.45, 7) is 4.62. The Labute approximate surface area is 172 Å². The first kappa shape index (κ1) is 23.6. The van der Waals surface area contributed by atoms with Gasteiger partial charge in [0.25, 0.3) is 0 Å². The molecule has 2 aliphatic heterocycles. The maximum absolute atomic E-state index is 10.4. The lowest BCUT2D eigenvalue weighted by Crippen LogP contribution is -2.31. The smallest absolute Gasteiger partial charge is 0.407 e. The van der Waals surface area contributed by atoms with Gasteiger partial charge in [0.2, 0.25) is 0 Å². The highest BCUT2D eigenvalue weighted by Crippen LogP contribution is 2.41. The molecular formula is C21H35NO7. The summed E-state index contributed by atoms with van der Waals surface area (Å²) in [4.78, 5) is 21.8.